The first-order valence-electron chi connectivity index (χ1n) is 21.7. The molecular formula is C48H54F2N6O8S. The van der Waals surface area contributed by atoms with Crippen LogP contribution in [0.15, 0.2) is 72.4 Å². The number of amides is 4. The highest BCUT2D eigenvalue weighted by Crippen LogP contribution is 2.44. The summed E-state index contributed by atoms with van der Waals surface area (Å²) in [6.07, 6.45) is -0.712. The van der Waals surface area contributed by atoms with Gasteiger partial charge in [-0.3, -0.25) is 24.2 Å². The second-order valence-electron chi connectivity index (χ2n) is 17.8. The summed E-state index contributed by atoms with van der Waals surface area (Å²) in [4.78, 5) is 65.4. The lowest BCUT2D eigenvalue weighted by atomic mass is 9.85. The van der Waals surface area contributed by atoms with E-state index in [0.717, 1.165) is 32.6 Å². The molecule has 0 radical (unpaired) electrons. The topological polar surface area (TPSA) is 192 Å². The lowest BCUT2D eigenvalue weighted by Crippen LogP contribution is -2.57. The van der Waals surface area contributed by atoms with Crippen molar-refractivity contribution in [3.8, 4) is 27.7 Å². The number of hydrogen-bond acceptors (Lipinski definition) is 11. The number of aryl methyl sites for hydroxylation is 2. The van der Waals surface area contributed by atoms with Crippen molar-refractivity contribution >= 4 is 45.9 Å². The Balaban J connectivity index is 0.902. The number of aromatic hydroxyl groups is 1. The molecule has 5 N–H and O–H groups in total. The second kappa shape index (κ2) is 19.5. The smallest absolute Gasteiger partial charge is 0.505 e. The number of nitrogens with one attached hydrogen (secondary N) is 3. The third-order valence-corrected chi connectivity index (χ3v) is 12.7. The number of aliphatic hydroxyl groups is 1. The number of benzene rings is 3. The molecule has 2 aromatic heterocycles. The fourth-order valence-electron chi connectivity index (χ4n) is 8.31. The van der Waals surface area contributed by atoms with Crippen molar-refractivity contribution in [3.05, 3.63) is 100 Å². The van der Waals surface area contributed by atoms with Crippen molar-refractivity contribution in [1.82, 2.24) is 30.8 Å². The quantitative estimate of drug-likeness (QED) is 0.0625. The van der Waals surface area contributed by atoms with Gasteiger partial charge < -0.3 is 40.5 Å². The Kier molecular flexibility index (Phi) is 14.0. The molecule has 0 bridgehead atoms. The molecule has 7 rings (SSSR count). The van der Waals surface area contributed by atoms with E-state index in [0.29, 0.717) is 42.3 Å². The number of ether oxygens (including phenoxy) is 2. The third-order valence-electron chi connectivity index (χ3n) is 11.7. The average Bonchev–Trinajstić information content (AvgIpc) is 3.97. The molecule has 3 aromatic carbocycles. The van der Waals surface area contributed by atoms with Crippen molar-refractivity contribution < 1.29 is 47.6 Å². The van der Waals surface area contributed by atoms with Gasteiger partial charge in [-0.15, -0.1) is 20.1 Å². The van der Waals surface area contributed by atoms with Crippen molar-refractivity contribution in [2.24, 2.45) is 5.41 Å². The minimum Gasteiger partial charge on any atom is -0.505 e. The van der Waals surface area contributed by atoms with Gasteiger partial charge >= 0.3 is 6.29 Å². The standard InChI is InChI=1S/C48H54F2N6O8S/c1-27-21-34(42(60)41-33(27)11-10-20-51-41)40(31-18-19-36-37(22-31)64-48(49,50)63-36)54-38(58)12-8-6-7-9-13-39(59)55-44(47(3,4)5)46(62)56-25-32(57)23-35(56)45(61)52-24-29-14-16-30(17-15-29)43-28(2)53-26-65-43/h10-11,14-22,26,32,35,40,44,57,60H,6-9,12-13,23-25H2,1-5H3,(H,52,61)(H,54,58)(H,55,59)/t32-,35-,40?,44+/m1/s1. The number of aromatic nitrogens is 2. The second-order valence-corrected chi connectivity index (χ2v) is 18.6. The van der Waals surface area contributed by atoms with Crippen LogP contribution in [0.4, 0.5) is 8.78 Å². The van der Waals surface area contributed by atoms with E-state index in [2.05, 4.69) is 35.4 Å². The first kappa shape index (κ1) is 46.8. The Labute approximate surface area is 379 Å². The van der Waals surface area contributed by atoms with Gasteiger partial charge in [0.05, 0.1) is 28.2 Å². The predicted octanol–water partition coefficient (Wildman–Crippen LogP) is 7.36. The molecule has 17 heteroatoms. The van der Waals surface area contributed by atoms with Gasteiger partial charge in [-0.25, -0.2) is 4.98 Å². The maximum absolute atomic E-state index is 14.1. The number of thiazole rings is 1. The summed E-state index contributed by atoms with van der Waals surface area (Å²) < 4.78 is 37.0. The Morgan fingerprint density at radius 3 is 2.29 bits per heavy atom. The van der Waals surface area contributed by atoms with E-state index in [1.54, 1.807) is 35.2 Å². The van der Waals surface area contributed by atoms with Gasteiger partial charge in [-0.05, 0) is 78.6 Å². The number of alkyl halides is 2. The van der Waals surface area contributed by atoms with Gasteiger partial charge in [-0.1, -0.05) is 70.0 Å². The van der Waals surface area contributed by atoms with Gasteiger partial charge in [0.15, 0.2) is 11.5 Å². The molecule has 1 fully saturated rings. The highest BCUT2D eigenvalue weighted by molar-refractivity contribution is 7.13. The molecule has 2 aliphatic rings. The first-order chi connectivity index (χ1) is 30.9. The van der Waals surface area contributed by atoms with Crippen LogP contribution >= 0.6 is 11.3 Å². The maximum atomic E-state index is 14.1. The van der Waals surface area contributed by atoms with E-state index in [1.807, 2.05) is 65.0 Å². The summed E-state index contributed by atoms with van der Waals surface area (Å²) in [5.74, 6) is -2.04. The third kappa shape index (κ3) is 11.0. The van der Waals surface area contributed by atoms with E-state index in [4.69, 9.17) is 0 Å². The molecule has 65 heavy (non-hydrogen) atoms. The number of nitrogens with zero attached hydrogens (tertiary/aromatic N) is 3. The monoisotopic (exact) mass is 912 g/mol. The maximum Gasteiger partial charge on any atom is 0.586 e. The minimum atomic E-state index is -3.84. The van der Waals surface area contributed by atoms with E-state index in [9.17, 15) is 38.2 Å². The number of carbonyl (C=O) groups is 4. The minimum absolute atomic E-state index is 0.0352. The number of phenols is 1. The zero-order valence-corrected chi connectivity index (χ0v) is 37.8. The van der Waals surface area contributed by atoms with E-state index in [-0.39, 0.29) is 67.3 Å². The van der Waals surface area contributed by atoms with Crippen LogP contribution in [0.5, 0.6) is 17.2 Å². The highest BCUT2D eigenvalue weighted by atomic mass is 32.1. The number of pyridine rings is 1. The number of hydrogen-bond donors (Lipinski definition) is 5. The summed E-state index contributed by atoms with van der Waals surface area (Å²) in [7, 11) is 0. The largest absolute Gasteiger partial charge is 0.586 e. The van der Waals surface area contributed by atoms with Gasteiger partial charge in [0.1, 0.15) is 23.3 Å². The van der Waals surface area contributed by atoms with E-state index < -0.39 is 41.8 Å². The molecule has 5 aromatic rings. The number of phenolic OH excluding ortho intramolecular Hbond substituents is 1. The van der Waals surface area contributed by atoms with E-state index in [1.165, 1.54) is 23.1 Å². The Hall–Kier alpha value is -6.20. The molecule has 0 saturated carbocycles. The number of rotatable bonds is 16. The molecule has 1 saturated heterocycles. The fraction of sp³-hybridized carbons (Fsp3) is 0.417. The van der Waals surface area contributed by atoms with Gasteiger partial charge in [0, 0.05) is 49.5 Å². The summed E-state index contributed by atoms with van der Waals surface area (Å²) in [5, 5.41) is 31.4. The molecule has 344 valence electrons. The van der Waals surface area contributed by atoms with Crippen molar-refractivity contribution in [2.75, 3.05) is 6.54 Å². The van der Waals surface area contributed by atoms with Gasteiger partial charge in [0.25, 0.3) is 0 Å². The van der Waals surface area contributed by atoms with Gasteiger partial charge in [-0.2, -0.15) is 0 Å². The summed E-state index contributed by atoms with van der Waals surface area (Å²) >= 11 is 1.56. The molecule has 14 nitrogen and oxygen atoms in total. The zero-order chi connectivity index (χ0) is 46.6. The average molecular weight is 913 g/mol. The predicted molar refractivity (Wildman–Crippen MR) is 240 cm³/mol. The molecule has 2 aliphatic heterocycles. The molecule has 4 atom stereocenters. The normalized spacial score (nSPS) is 17.4. The molecule has 4 amide bonds. The zero-order valence-electron chi connectivity index (χ0n) is 37.0. The fourth-order valence-corrected chi connectivity index (χ4v) is 9.12. The van der Waals surface area contributed by atoms with Crippen molar-refractivity contribution in [3.63, 3.8) is 0 Å². The van der Waals surface area contributed by atoms with Crippen LogP contribution in [0.3, 0.4) is 0 Å². The molecule has 0 spiro atoms. The SMILES string of the molecule is Cc1ncsc1-c1ccc(CNC(=O)[C@H]2C[C@@H](O)CN2C(=O)[C@H](NC(=O)CCCCCCC(=O)NC(c2ccc3c(c2)OC(F)(F)O3)c2cc(C)c3cccnc3c2O)C(C)(C)C)cc1. The highest BCUT2D eigenvalue weighted by Gasteiger charge is 2.45. The van der Waals surface area contributed by atoms with Crippen LogP contribution in [0.25, 0.3) is 21.3 Å². The van der Waals surface area contributed by atoms with Crippen LogP contribution in [0.1, 0.15) is 99.7 Å². The molecule has 1 unspecified atom stereocenters. The number of likely N-dealkylation sites (tertiary alicyclic amines) is 1. The van der Waals surface area contributed by atoms with Crippen LogP contribution in [-0.2, 0) is 25.7 Å². The van der Waals surface area contributed by atoms with E-state index >= 15 is 0 Å². The summed E-state index contributed by atoms with van der Waals surface area (Å²) in [6, 6.07) is 14.5. The van der Waals surface area contributed by atoms with Gasteiger partial charge in [0.2, 0.25) is 23.6 Å². The Morgan fingerprint density at radius 1 is 0.923 bits per heavy atom. The Bertz CT molecular complexity index is 2560. The Morgan fingerprint density at radius 2 is 1.62 bits per heavy atom. The van der Waals surface area contributed by atoms with Crippen LogP contribution in [0, 0.1) is 19.3 Å². The van der Waals surface area contributed by atoms with Crippen molar-refractivity contribution in [2.45, 2.75) is 117 Å². The number of β-amino-alcohol motifs (C(OH)–C–C–N with tert-alkyl or cyclic N) is 1. The number of halogens is 2. The summed E-state index contributed by atoms with van der Waals surface area (Å²) in [5.41, 5.74) is 5.76. The van der Waals surface area contributed by atoms with Crippen LogP contribution in [-0.4, -0.2) is 79.7 Å². The van der Waals surface area contributed by atoms with Crippen LogP contribution in [0.2, 0.25) is 0 Å². The first-order valence-corrected chi connectivity index (χ1v) is 22.6. The number of unbranched alkanes of at least 4 members (excludes halogenated alkanes) is 3. The van der Waals surface area contributed by atoms with Crippen LogP contribution < -0.4 is 25.4 Å². The molecular weight excluding hydrogens is 859 g/mol. The molecule has 0 aliphatic carbocycles. The van der Waals surface area contributed by atoms with Crippen molar-refractivity contribution in [1.29, 1.82) is 0 Å². The lowest BCUT2D eigenvalue weighted by Gasteiger charge is -2.35. The number of carbonyl (C=O) groups excluding carboxylic acids is 4. The number of fused-ring (bicyclic) bond motifs is 2. The lowest BCUT2D eigenvalue weighted by molar-refractivity contribution is -0.286. The number of aliphatic hydroxyl groups excluding tert-OH is 1. The summed E-state index contributed by atoms with van der Waals surface area (Å²) in [6.45, 7) is 9.48. The molecule has 4 heterocycles.